The maximum absolute atomic E-state index is 12.4. The second-order valence-electron chi connectivity index (χ2n) is 4.81. The minimum Gasteiger partial charge on any atom is -0.303 e. The van der Waals surface area contributed by atoms with E-state index in [2.05, 4.69) is 21.8 Å². The van der Waals surface area contributed by atoms with Crippen LogP contribution in [-0.2, 0) is 0 Å². The van der Waals surface area contributed by atoms with Gasteiger partial charge in [-0.05, 0) is 33.2 Å². The molecule has 2 rings (SSSR count). The van der Waals surface area contributed by atoms with Crippen LogP contribution in [0.3, 0.4) is 0 Å². The van der Waals surface area contributed by atoms with Gasteiger partial charge >= 0.3 is 0 Å². The molecule has 0 bridgehead atoms. The Kier molecular flexibility index (Phi) is 3.54. The lowest BCUT2D eigenvalue weighted by Crippen LogP contribution is -2.53. The Morgan fingerprint density at radius 1 is 1.35 bits per heavy atom. The van der Waals surface area contributed by atoms with E-state index in [0.717, 1.165) is 25.3 Å². The van der Waals surface area contributed by atoms with Crippen molar-refractivity contribution in [1.82, 2.24) is 14.8 Å². The fourth-order valence-electron chi connectivity index (χ4n) is 2.10. The summed E-state index contributed by atoms with van der Waals surface area (Å²) < 4.78 is 0. The smallest absolute Gasteiger partial charge is 0.182 e. The molecule has 0 amide bonds. The van der Waals surface area contributed by atoms with Gasteiger partial charge in [0.1, 0.15) is 0 Å². The van der Waals surface area contributed by atoms with Crippen molar-refractivity contribution in [3.8, 4) is 0 Å². The highest BCUT2D eigenvalue weighted by Crippen LogP contribution is 2.12. The van der Waals surface area contributed by atoms with E-state index in [1.54, 1.807) is 6.20 Å². The molecule has 4 heteroatoms. The minimum absolute atomic E-state index is 0.0433. The van der Waals surface area contributed by atoms with Crippen molar-refractivity contribution in [3.63, 3.8) is 0 Å². The second kappa shape index (κ2) is 4.94. The van der Waals surface area contributed by atoms with Crippen molar-refractivity contribution < 1.29 is 4.79 Å². The predicted molar refractivity (Wildman–Crippen MR) is 67.2 cm³/mol. The average Bonchev–Trinajstić information content (AvgIpc) is 2.32. The van der Waals surface area contributed by atoms with E-state index in [4.69, 9.17) is 0 Å². The van der Waals surface area contributed by atoms with E-state index in [1.165, 1.54) is 0 Å². The number of carbonyl (C=O) groups is 1. The largest absolute Gasteiger partial charge is 0.303 e. The average molecular weight is 233 g/mol. The Labute approximate surface area is 102 Å². The third kappa shape index (κ3) is 2.70. The van der Waals surface area contributed by atoms with E-state index < -0.39 is 0 Å². The van der Waals surface area contributed by atoms with Gasteiger partial charge in [0.15, 0.2) is 5.78 Å². The summed E-state index contributed by atoms with van der Waals surface area (Å²) in [7, 11) is 4.07. The van der Waals surface area contributed by atoms with Crippen LogP contribution in [0.4, 0.5) is 0 Å². The number of ketones is 1. The molecule has 0 N–H and O–H groups in total. The van der Waals surface area contributed by atoms with Crippen LogP contribution in [-0.4, -0.2) is 60.3 Å². The van der Waals surface area contributed by atoms with Crippen molar-refractivity contribution in [3.05, 3.63) is 29.6 Å². The highest BCUT2D eigenvalue weighted by atomic mass is 16.1. The number of aromatic nitrogens is 1. The first-order chi connectivity index (χ1) is 8.08. The van der Waals surface area contributed by atoms with Crippen molar-refractivity contribution in [2.24, 2.45) is 0 Å². The molecule has 1 aliphatic heterocycles. The number of hydrogen-bond acceptors (Lipinski definition) is 4. The minimum atomic E-state index is -0.0433. The van der Waals surface area contributed by atoms with E-state index >= 15 is 0 Å². The molecule has 1 unspecified atom stereocenters. The summed E-state index contributed by atoms with van der Waals surface area (Å²) in [5, 5.41) is 0. The molecule has 4 nitrogen and oxygen atoms in total. The third-order valence-corrected chi connectivity index (χ3v) is 3.35. The zero-order valence-corrected chi connectivity index (χ0v) is 10.7. The van der Waals surface area contributed by atoms with Gasteiger partial charge in [-0.2, -0.15) is 0 Å². The van der Waals surface area contributed by atoms with Crippen LogP contribution >= 0.6 is 0 Å². The fraction of sp³-hybridized carbons (Fsp3) is 0.538. The van der Waals surface area contributed by atoms with Gasteiger partial charge in [-0.1, -0.05) is 0 Å². The number of aryl methyl sites for hydroxylation is 1. The van der Waals surface area contributed by atoms with E-state index in [-0.39, 0.29) is 11.8 Å². The van der Waals surface area contributed by atoms with Crippen molar-refractivity contribution in [2.45, 2.75) is 13.0 Å². The van der Waals surface area contributed by atoms with Gasteiger partial charge in [0.05, 0.1) is 6.04 Å². The Morgan fingerprint density at radius 2 is 2.12 bits per heavy atom. The normalized spacial score (nSPS) is 22.6. The number of piperazine rings is 1. The summed E-state index contributed by atoms with van der Waals surface area (Å²) in [6.07, 6.45) is 1.68. The fourth-order valence-corrected chi connectivity index (χ4v) is 2.10. The third-order valence-electron chi connectivity index (χ3n) is 3.35. The number of carbonyl (C=O) groups excluding carboxylic acids is 1. The van der Waals surface area contributed by atoms with Crippen LogP contribution in [0, 0.1) is 6.92 Å². The number of hydrogen-bond donors (Lipinski definition) is 0. The molecule has 0 aliphatic carbocycles. The first-order valence-corrected chi connectivity index (χ1v) is 5.93. The molecule has 2 heterocycles. The standard InChI is InChI=1S/C13H19N3O/c1-10-4-5-11(8-14-10)13(17)12-9-15(2)6-7-16(12)3/h4-5,8,12H,6-7,9H2,1-3H3. The molecule has 17 heavy (non-hydrogen) atoms. The highest BCUT2D eigenvalue weighted by molar-refractivity contribution is 6.00. The summed E-state index contributed by atoms with van der Waals surface area (Å²) in [5.74, 6) is 0.173. The molecular formula is C13H19N3O. The molecular weight excluding hydrogens is 214 g/mol. The summed E-state index contributed by atoms with van der Waals surface area (Å²) in [6.45, 7) is 4.68. The molecule has 1 fully saturated rings. The van der Waals surface area contributed by atoms with Crippen molar-refractivity contribution in [2.75, 3.05) is 33.7 Å². The lowest BCUT2D eigenvalue weighted by atomic mass is 10.0. The van der Waals surface area contributed by atoms with Crippen LogP contribution < -0.4 is 0 Å². The molecule has 1 aromatic heterocycles. The molecule has 0 aromatic carbocycles. The molecule has 0 radical (unpaired) electrons. The van der Waals surface area contributed by atoms with Crippen LogP contribution in [0.2, 0.25) is 0 Å². The molecule has 0 saturated carbocycles. The van der Waals surface area contributed by atoms with Gasteiger partial charge in [-0.25, -0.2) is 0 Å². The molecule has 92 valence electrons. The summed E-state index contributed by atoms with van der Waals surface area (Å²) in [4.78, 5) is 20.9. The van der Waals surface area contributed by atoms with Gasteiger partial charge in [0.2, 0.25) is 0 Å². The molecule has 1 atom stereocenters. The van der Waals surface area contributed by atoms with Gasteiger partial charge < -0.3 is 4.90 Å². The Balaban J connectivity index is 2.15. The number of pyridine rings is 1. The summed E-state index contributed by atoms with van der Waals surface area (Å²) >= 11 is 0. The quantitative estimate of drug-likeness (QED) is 0.709. The number of likely N-dealkylation sites (N-methyl/N-ethyl adjacent to an activating group) is 2. The lowest BCUT2D eigenvalue weighted by Gasteiger charge is -2.36. The maximum atomic E-state index is 12.4. The van der Waals surface area contributed by atoms with E-state index in [9.17, 15) is 4.79 Å². The SMILES string of the molecule is Cc1ccc(C(=O)C2CN(C)CCN2C)cn1. The van der Waals surface area contributed by atoms with Crippen LogP contribution in [0.1, 0.15) is 16.1 Å². The van der Waals surface area contributed by atoms with Gasteiger partial charge in [-0.15, -0.1) is 0 Å². The monoisotopic (exact) mass is 233 g/mol. The first-order valence-electron chi connectivity index (χ1n) is 5.93. The van der Waals surface area contributed by atoms with Crippen LogP contribution in [0.5, 0.6) is 0 Å². The van der Waals surface area contributed by atoms with Gasteiger partial charge in [-0.3, -0.25) is 14.7 Å². The molecule has 1 aliphatic rings. The number of rotatable bonds is 2. The Bertz CT molecular complexity index is 402. The predicted octanol–water partition coefficient (Wildman–Crippen LogP) is 0.819. The Hall–Kier alpha value is -1.26. The number of Topliss-reactive ketones (excluding diaryl/α,β-unsaturated/α-hetero) is 1. The second-order valence-corrected chi connectivity index (χ2v) is 4.81. The summed E-state index contributed by atoms with van der Waals surface area (Å²) in [5.41, 5.74) is 1.65. The van der Waals surface area contributed by atoms with Crippen molar-refractivity contribution >= 4 is 5.78 Å². The molecule has 0 spiro atoms. The zero-order valence-electron chi connectivity index (χ0n) is 10.7. The van der Waals surface area contributed by atoms with Crippen LogP contribution in [0.15, 0.2) is 18.3 Å². The van der Waals surface area contributed by atoms with Crippen molar-refractivity contribution in [1.29, 1.82) is 0 Å². The van der Waals surface area contributed by atoms with Gasteiger partial charge in [0.25, 0.3) is 0 Å². The van der Waals surface area contributed by atoms with Crippen LogP contribution in [0.25, 0.3) is 0 Å². The topological polar surface area (TPSA) is 36.4 Å². The highest BCUT2D eigenvalue weighted by Gasteiger charge is 2.29. The first kappa shape index (κ1) is 12.2. The Morgan fingerprint density at radius 3 is 2.76 bits per heavy atom. The van der Waals surface area contributed by atoms with Gasteiger partial charge in [0, 0.05) is 37.1 Å². The van der Waals surface area contributed by atoms with E-state index in [0.29, 0.717) is 5.56 Å². The molecule has 1 aromatic rings. The number of nitrogens with zero attached hydrogens (tertiary/aromatic N) is 3. The lowest BCUT2D eigenvalue weighted by molar-refractivity contribution is 0.0686. The molecule has 1 saturated heterocycles. The summed E-state index contributed by atoms with van der Waals surface area (Å²) in [6, 6.07) is 3.71. The maximum Gasteiger partial charge on any atom is 0.182 e. The zero-order chi connectivity index (χ0) is 12.4. The van der Waals surface area contributed by atoms with E-state index in [1.807, 2.05) is 26.1 Å².